The SMILES string of the molecule is CCc1ccc2ccccc2c1CCC(N)=O. The van der Waals surface area contributed by atoms with Gasteiger partial charge in [0.25, 0.3) is 0 Å². The molecule has 0 saturated heterocycles. The molecule has 0 heterocycles. The van der Waals surface area contributed by atoms with Crippen LogP contribution in [0.1, 0.15) is 24.5 Å². The molecular formula is C15H17NO. The van der Waals surface area contributed by atoms with Gasteiger partial charge in [0.05, 0.1) is 0 Å². The number of aryl methyl sites for hydroxylation is 2. The van der Waals surface area contributed by atoms with Gasteiger partial charge in [-0.2, -0.15) is 0 Å². The van der Waals surface area contributed by atoms with E-state index in [4.69, 9.17) is 5.73 Å². The highest BCUT2D eigenvalue weighted by molar-refractivity contribution is 5.87. The number of fused-ring (bicyclic) bond motifs is 1. The van der Waals surface area contributed by atoms with Crippen LogP contribution in [-0.4, -0.2) is 5.91 Å². The Kier molecular flexibility index (Phi) is 3.43. The number of amides is 1. The first-order chi connectivity index (χ1) is 8.22. The van der Waals surface area contributed by atoms with Crippen molar-refractivity contribution in [2.45, 2.75) is 26.2 Å². The van der Waals surface area contributed by atoms with Gasteiger partial charge in [-0.1, -0.05) is 43.3 Å². The van der Waals surface area contributed by atoms with Gasteiger partial charge >= 0.3 is 0 Å². The lowest BCUT2D eigenvalue weighted by molar-refractivity contribution is -0.117. The van der Waals surface area contributed by atoms with Crippen LogP contribution in [0.25, 0.3) is 10.8 Å². The van der Waals surface area contributed by atoms with Crippen LogP contribution in [0.2, 0.25) is 0 Å². The Morgan fingerprint density at radius 3 is 2.65 bits per heavy atom. The van der Waals surface area contributed by atoms with Crippen LogP contribution in [-0.2, 0) is 17.6 Å². The van der Waals surface area contributed by atoms with Gasteiger partial charge in [-0.05, 0) is 34.7 Å². The van der Waals surface area contributed by atoms with Crippen LogP contribution in [0.3, 0.4) is 0 Å². The maximum absolute atomic E-state index is 10.9. The van der Waals surface area contributed by atoms with E-state index in [9.17, 15) is 4.79 Å². The minimum Gasteiger partial charge on any atom is -0.370 e. The molecule has 0 aliphatic rings. The number of carbonyl (C=O) groups is 1. The highest BCUT2D eigenvalue weighted by atomic mass is 16.1. The third-order valence-corrected chi connectivity index (χ3v) is 3.14. The number of hydrogen-bond donors (Lipinski definition) is 1. The standard InChI is InChI=1S/C15H17NO/c1-2-11-7-8-12-5-3-4-6-13(12)14(11)9-10-15(16)17/h3-8H,2,9-10H2,1H3,(H2,16,17). The van der Waals surface area contributed by atoms with Crippen molar-refractivity contribution in [2.24, 2.45) is 5.73 Å². The van der Waals surface area contributed by atoms with E-state index in [0.717, 1.165) is 12.8 Å². The highest BCUT2D eigenvalue weighted by Crippen LogP contribution is 2.24. The molecule has 2 N–H and O–H groups in total. The van der Waals surface area contributed by atoms with Crippen molar-refractivity contribution in [2.75, 3.05) is 0 Å². The fraction of sp³-hybridized carbons (Fsp3) is 0.267. The topological polar surface area (TPSA) is 43.1 Å². The molecule has 0 atom stereocenters. The maximum Gasteiger partial charge on any atom is 0.217 e. The van der Waals surface area contributed by atoms with Gasteiger partial charge in [0.2, 0.25) is 5.91 Å². The largest absolute Gasteiger partial charge is 0.370 e. The van der Waals surface area contributed by atoms with Gasteiger partial charge < -0.3 is 5.73 Å². The van der Waals surface area contributed by atoms with Gasteiger partial charge in [0.1, 0.15) is 0 Å². The molecule has 2 nitrogen and oxygen atoms in total. The number of hydrogen-bond acceptors (Lipinski definition) is 1. The van der Waals surface area contributed by atoms with Gasteiger partial charge in [-0.3, -0.25) is 4.79 Å². The molecule has 2 rings (SSSR count). The van der Waals surface area contributed by atoms with E-state index in [1.165, 1.54) is 21.9 Å². The monoisotopic (exact) mass is 227 g/mol. The minimum absolute atomic E-state index is 0.236. The molecule has 0 aliphatic heterocycles. The summed E-state index contributed by atoms with van der Waals surface area (Å²) in [4.78, 5) is 10.9. The van der Waals surface area contributed by atoms with E-state index < -0.39 is 0 Å². The second-order valence-electron chi connectivity index (χ2n) is 4.24. The van der Waals surface area contributed by atoms with Gasteiger partial charge in [-0.25, -0.2) is 0 Å². The van der Waals surface area contributed by atoms with E-state index in [-0.39, 0.29) is 5.91 Å². The summed E-state index contributed by atoms with van der Waals surface area (Å²) in [6.45, 7) is 2.14. The molecule has 17 heavy (non-hydrogen) atoms. The second-order valence-corrected chi connectivity index (χ2v) is 4.24. The van der Waals surface area contributed by atoms with Crippen molar-refractivity contribution in [3.8, 4) is 0 Å². The lowest BCUT2D eigenvalue weighted by Crippen LogP contribution is -2.12. The molecule has 0 aliphatic carbocycles. The predicted octanol–water partition coefficient (Wildman–Crippen LogP) is 2.82. The normalized spacial score (nSPS) is 10.6. The summed E-state index contributed by atoms with van der Waals surface area (Å²) in [5, 5.41) is 2.47. The van der Waals surface area contributed by atoms with Crippen molar-refractivity contribution in [1.29, 1.82) is 0 Å². The Hall–Kier alpha value is -1.83. The molecule has 88 valence electrons. The molecule has 2 heteroatoms. The summed E-state index contributed by atoms with van der Waals surface area (Å²) in [5.74, 6) is -0.236. The third kappa shape index (κ3) is 2.47. The van der Waals surface area contributed by atoms with Crippen molar-refractivity contribution in [3.05, 3.63) is 47.5 Å². The minimum atomic E-state index is -0.236. The molecule has 2 aromatic carbocycles. The Balaban J connectivity index is 2.50. The summed E-state index contributed by atoms with van der Waals surface area (Å²) < 4.78 is 0. The molecule has 0 bridgehead atoms. The van der Waals surface area contributed by atoms with Crippen LogP contribution >= 0.6 is 0 Å². The maximum atomic E-state index is 10.9. The van der Waals surface area contributed by atoms with Gasteiger partial charge in [0, 0.05) is 6.42 Å². The first-order valence-corrected chi connectivity index (χ1v) is 6.00. The number of primary amides is 1. The zero-order chi connectivity index (χ0) is 12.3. The number of benzene rings is 2. The number of carbonyl (C=O) groups excluding carboxylic acids is 1. The average molecular weight is 227 g/mol. The van der Waals surface area contributed by atoms with Gasteiger partial charge in [-0.15, -0.1) is 0 Å². The second kappa shape index (κ2) is 5.00. The lowest BCUT2D eigenvalue weighted by atomic mass is 9.94. The quantitative estimate of drug-likeness (QED) is 0.857. The molecular weight excluding hydrogens is 210 g/mol. The summed E-state index contributed by atoms with van der Waals surface area (Å²) >= 11 is 0. The number of nitrogens with two attached hydrogens (primary N) is 1. The van der Waals surface area contributed by atoms with E-state index in [2.05, 4.69) is 31.2 Å². The van der Waals surface area contributed by atoms with Gasteiger partial charge in [0.15, 0.2) is 0 Å². The first-order valence-electron chi connectivity index (χ1n) is 6.00. The summed E-state index contributed by atoms with van der Waals surface area (Å²) in [6.07, 6.45) is 2.14. The fourth-order valence-corrected chi connectivity index (χ4v) is 2.26. The Morgan fingerprint density at radius 2 is 1.94 bits per heavy atom. The average Bonchev–Trinajstić information content (AvgIpc) is 2.35. The van der Waals surface area contributed by atoms with Crippen molar-refractivity contribution < 1.29 is 4.79 Å². The first kappa shape index (κ1) is 11.6. The van der Waals surface area contributed by atoms with Crippen LogP contribution in [0.5, 0.6) is 0 Å². The molecule has 0 unspecified atom stereocenters. The predicted molar refractivity (Wildman–Crippen MR) is 70.8 cm³/mol. The summed E-state index contributed by atoms with van der Waals surface area (Å²) in [5.41, 5.74) is 7.82. The van der Waals surface area contributed by atoms with Crippen molar-refractivity contribution in [1.82, 2.24) is 0 Å². The van der Waals surface area contributed by atoms with Crippen LogP contribution in [0, 0.1) is 0 Å². The molecule has 0 aromatic heterocycles. The zero-order valence-corrected chi connectivity index (χ0v) is 10.1. The molecule has 2 aromatic rings. The van der Waals surface area contributed by atoms with E-state index >= 15 is 0 Å². The lowest BCUT2D eigenvalue weighted by Gasteiger charge is -2.11. The zero-order valence-electron chi connectivity index (χ0n) is 10.1. The molecule has 0 radical (unpaired) electrons. The fourth-order valence-electron chi connectivity index (χ4n) is 2.26. The van der Waals surface area contributed by atoms with Crippen LogP contribution in [0.4, 0.5) is 0 Å². The Bertz CT molecular complexity index is 546. The third-order valence-electron chi connectivity index (χ3n) is 3.14. The summed E-state index contributed by atoms with van der Waals surface area (Å²) in [6, 6.07) is 12.6. The summed E-state index contributed by atoms with van der Waals surface area (Å²) in [7, 11) is 0. The van der Waals surface area contributed by atoms with E-state index in [0.29, 0.717) is 6.42 Å². The van der Waals surface area contributed by atoms with Crippen LogP contribution in [0.15, 0.2) is 36.4 Å². The Morgan fingerprint density at radius 1 is 1.18 bits per heavy atom. The smallest absolute Gasteiger partial charge is 0.217 e. The van der Waals surface area contributed by atoms with Crippen molar-refractivity contribution >= 4 is 16.7 Å². The van der Waals surface area contributed by atoms with Crippen LogP contribution < -0.4 is 5.73 Å². The molecule has 0 saturated carbocycles. The molecule has 0 spiro atoms. The molecule has 1 amide bonds. The van der Waals surface area contributed by atoms with Crippen molar-refractivity contribution in [3.63, 3.8) is 0 Å². The Labute approximate surface area is 101 Å². The van der Waals surface area contributed by atoms with E-state index in [1.54, 1.807) is 0 Å². The number of rotatable bonds is 4. The molecule has 0 fully saturated rings. The highest BCUT2D eigenvalue weighted by Gasteiger charge is 2.07. The van der Waals surface area contributed by atoms with E-state index in [1.807, 2.05) is 12.1 Å².